The zero-order chi connectivity index (χ0) is 27.8. The molecule has 0 unspecified atom stereocenters. The normalized spacial score (nSPS) is 12.4. The first kappa shape index (κ1) is 25.4. The number of aromatic hydroxyl groups is 1. The maximum absolute atomic E-state index is 13.2. The van der Waals surface area contributed by atoms with Crippen LogP contribution < -0.4 is 5.06 Å². The van der Waals surface area contributed by atoms with Crippen LogP contribution in [-0.2, 0) is 4.84 Å². The number of hydrogen-bond donors (Lipinski definition) is 1. The zero-order valence-corrected chi connectivity index (χ0v) is 22.3. The largest absolute Gasteiger partial charge is 0.504 e. The Morgan fingerprint density at radius 3 is 2.08 bits per heavy atom. The molecule has 9 heteroatoms. The first-order valence-electron chi connectivity index (χ1n) is 12.4. The lowest BCUT2D eigenvalue weighted by Gasteiger charge is -2.24. The molecule has 0 heterocycles. The van der Waals surface area contributed by atoms with Gasteiger partial charge in [0.1, 0.15) is 11.4 Å². The summed E-state index contributed by atoms with van der Waals surface area (Å²) in [4.78, 5) is 18.8. The van der Waals surface area contributed by atoms with Gasteiger partial charge in [0.2, 0.25) is 0 Å². The first-order chi connectivity index (χ1) is 19.5. The molecule has 5 aromatic carbocycles. The number of nitrogens with zero attached hydrogens (tertiary/aromatic N) is 5. The van der Waals surface area contributed by atoms with E-state index in [2.05, 4.69) is 20.5 Å². The molecule has 40 heavy (non-hydrogen) atoms. The minimum Gasteiger partial charge on any atom is -0.504 e. The van der Waals surface area contributed by atoms with Crippen molar-refractivity contribution in [1.29, 1.82) is 0 Å². The van der Waals surface area contributed by atoms with Gasteiger partial charge >= 0.3 is 0 Å². The fourth-order valence-corrected chi connectivity index (χ4v) is 5.12. The van der Waals surface area contributed by atoms with E-state index in [-0.39, 0.29) is 17.2 Å². The van der Waals surface area contributed by atoms with Gasteiger partial charge in [-0.25, -0.2) is 5.06 Å². The molecule has 5 aromatic rings. The molecule has 0 amide bonds. The number of azo groups is 2. The minimum atomic E-state index is -0.133. The van der Waals surface area contributed by atoms with Gasteiger partial charge in [-0.1, -0.05) is 60.1 Å². The summed E-state index contributed by atoms with van der Waals surface area (Å²) in [5.74, 6) is -0.243. The highest BCUT2D eigenvalue weighted by Gasteiger charge is 2.27. The van der Waals surface area contributed by atoms with E-state index in [0.29, 0.717) is 44.3 Å². The number of benzene rings is 5. The molecule has 0 radical (unpaired) electrons. The summed E-state index contributed by atoms with van der Waals surface area (Å²) in [7, 11) is 3.08. The van der Waals surface area contributed by atoms with Crippen LogP contribution in [0.15, 0.2) is 111 Å². The highest BCUT2D eigenvalue weighted by atomic mass is 35.5. The Morgan fingerprint density at radius 2 is 1.40 bits per heavy atom. The van der Waals surface area contributed by atoms with Gasteiger partial charge in [0.05, 0.1) is 29.2 Å². The molecule has 1 N–H and O–H groups in total. The van der Waals surface area contributed by atoms with Crippen molar-refractivity contribution in [3.05, 3.63) is 107 Å². The number of rotatable bonds is 6. The standard InChI is InChI=1S/C31H22ClN5O3/c1-33-34-19-11-13-22-23-14-12-20(17-25(23)30(38)24(22)16-19)35-36-29-21-8-4-3-7-18(21)15-28(31(29)39)37(40-2)27-10-6-5-9-26(27)32/h3-17,39H,1-2H3/b34-33+,36-35+. The summed E-state index contributed by atoms with van der Waals surface area (Å²) in [6.07, 6.45) is 0. The van der Waals surface area contributed by atoms with Gasteiger partial charge in [-0.15, -0.1) is 5.11 Å². The molecule has 1 aliphatic carbocycles. The Bertz CT molecular complexity index is 1870. The maximum atomic E-state index is 13.2. The lowest BCUT2D eigenvalue weighted by molar-refractivity contribution is 0.104. The van der Waals surface area contributed by atoms with Crippen LogP contribution >= 0.6 is 11.6 Å². The van der Waals surface area contributed by atoms with E-state index in [0.717, 1.165) is 16.5 Å². The van der Waals surface area contributed by atoms with E-state index in [9.17, 15) is 9.90 Å². The summed E-state index contributed by atoms with van der Waals surface area (Å²) >= 11 is 6.43. The molecule has 196 valence electrons. The highest BCUT2D eigenvalue weighted by Crippen LogP contribution is 2.47. The van der Waals surface area contributed by atoms with Gasteiger partial charge in [0.15, 0.2) is 11.5 Å². The van der Waals surface area contributed by atoms with E-state index >= 15 is 0 Å². The third-order valence-electron chi connectivity index (χ3n) is 6.71. The molecule has 0 atom stereocenters. The number of fused-ring (bicyclic) bond motifs is 4. The molecule has 0 aromatic heterocycles. The van der Waals surface area contributed by atoms with Crippen molar-refractivity contribution in [3.8, 4) is 16.9 Å². The Hall–Kier alpha value is -4.92. The van der Waals surface area contributed by atoms with Crippen LogP contribution in [0.1, 0.15) is 15.9 Å². The fourth-order valence-electron chi connectivity index (χ4n) is 4.90. The van der Waals surface area contributed by atoms with Crippen LogP contribution in [0.5, 0.6) is 5.75 Å². The monoisotopic (exact) mass is 547 g/mol. The van der Waals surface area contributed by atoms with E-state index < -0.39 is 0 Å². The Morgan fingerprint density at radius 1 is 0.750 bits per heavy atom. The number of carbonyl (C=O) groups excluding carboxylic acids is 1. The van der Waals surface area contributed by atoms with Gasteiger partial charge in [-0.2, -0.15) is 15.3 Å². The third kappa shape index (κ3) is 4.29. The molecule has 0 saturated carbocycles. The predicted octanol–water partition coefficient (Wildman–Crippen LogP) is 9.24. The molecule has 0 fully saturated rings. The number of hydrogen-bond acceptors (Lipinski definition) is 8. The van der Waals surface area contributed by atoms with Gasteiger partial charge < -0.3 is 5.11 Å². The average molecular weight is 548 g/mol. The van der Waals surface area contributed by atoms with E-state index in [1.54, 1.807) is 43.4 Å². The van der Waals surface area contributed by atoms with Crippen LogP contribution in [0.25, 0.3) is 21.9 Å². The van der Waals surface area contributed by atoms with Gasteiger partial charge in [0.25, 0.3) is 0 Å². The quantitative estimate of drug-likeness (QED) is 0.166. The van der Waals surface area contributed by atoms with Crippen molar-refractivity contribution >= 4 is 56.6 Å². The predicted molar refractivity (Wildman–Crippen MR) is 156 cm³/mol. The molecule has 0 saturated heterocycles. The van der Waals surface area contributed by atoms with Gasteiger partial charge in [-0.3, -0.25) is 9.63 Å². The summed E-state index contributed by atoms with van der Waals surface area (Å²) in [5.41, 5.74) is 5.02. The van der Waals surface area contributed by atoms with Crippen LogP contribution in [0.3, 0.4) is 0 Å². The van der Waals surface area contributed by atoms with Crippen molar-refractivity contribution < 1.29 is 14.7 Å². The van der Waals surface area contributed by atoms with Crippen molar-refractivity contribution in [2.45, 2.75) is 0 Å². The van der Waals surface area contributed by atoms with Gasteiger partial charge in [0, 0.05) is 23.6 Å². The highest BCUT2D eigenvalue weighted by molar-refractivity contribution is 6.33. The van der Waals surface area contributed by atoms with Crippen LogP contribution in [0, 0.1) is 0 Å². The molecular weight excluding hydrogens is 526 g/mol. The average Bonchev–Trinajstić information content (AvgIpc) is 3.25. The smallest absolute Gasteiger partial charge is 0.194 e. The number of phenolic OH excluding ortho intramolecular Hbond substituents is 1. The van der Waals surface area contributed by atoms with Crippen LogP contribution in [0.4, 0.5) is 28.4 Å². The first-order valence-corrected chi connectivity index (χ1v) is 12.8. The number of anilines is 2. The molecular formula is C31H22ClN5O3. The van der Waals surface area contributed by atoms with Crippen molar-refractivity contribution in [2.75, 3.05) is 19.2 Å². The SMILES string of the molecule is C/N=N/c1ccc2c(c1)C(=O)c1cc(/N=N/c3c(O)c(N(OC)c4ccccc4Cl)cc4ccccc34)ccc1-2. The zero-order valence-electron chi connectivity index (χ0n) is 21.5. The molecule has 0 aliphatic heterocycles. The molecule has 0 spiro atoms. The van der Waals surface area contributed by atoms with Crippen molar-refractivity contribution in [1.82, 2.24) is 0 Å². The summed E-state index contributed by atoms with van der Waals surface area (Å²) < 4.78 is 0. The Labute approximate surface area is 234 Å². The minimum absolute atomic E-state index is 0.110. The second-order valence-electron chi connectivity index (χ2n) is 9.03. The number of carbonyl (C=O) groups is 1. The maximum Gasteiger partial charge on any atom is 0.194 e. The Kier molecular flexibility index (Phi) is 6.55. The van der Waals surface area contributed by atoms with Crippen LogP contribution in [0.2, 0.25) is 5.02 Å². The Balaban J connectivity index is 1.42. The third-order valence-corrected chi connectivity index (χ3v) is 7.03. The topological polar surface area (TPSA) is 99.2 Å². The number of ketones is 1. The fraction of sp³-hybridized carbons (Fsp3) is 0.0645. The second-order valence-corrected chi connectivity index (χ2v) is 9.44. The molecule has 8 nitrogen and oxygen atoms in total. The number of para-hydroxylation sites is 1. The lowest BCUT2D eigenvalue weighted by Crippen LogP contribution is -2.15. The lowest BCUT2D eigenvalue weighted by atomic mass is 10.1. The molecule has 6 rings (SSSR count). The van der Waals surface area contributed by atoms with E-state index in [1.165, 1.54) is 12.2 Å². The second kappa shape index (κ2) is 10.3. The van der Waals surface area contributed by atoms with Crippen molar-refractivity contribution in [2.24, 2.45) is 20.5 Å². The van der Waals surface area contributed by atoms with Gasteiger partial charge in [-0.05, 0) is 59.0 Å². The van der Waals surface area contributed by atoms with E-state index in [4.69, 9.17) is 16.4 Å². The van der Waals surface area contributed by atoms with Crippen molar-refractivity contribution in [3.63, 3.8) is 0 Å². The summed E-state index contributed by atoms with van der Waals surface area (Å²) in [5, 5.41) is 31.5. The van der Waals surface area contributed by atoms with E-state index in [1.807, 2.05) is 54.6 Å². The molecule has 1 aliphatic rings. The van der Waals surface area contributed by atoms with Crippen LogP contribution in [-0.4, -0.2) is 25.0 Å². The number of phenols is 1. The summed E-state index contributed by atoms with van der Waals surface area (Å²) in [6.45, 7) is 0. The number of halogens is 1. The molecule has 0 bridgehead atoms. The summed E-state index contributed by atoms with van der Waals surface area (Å²) in [6, 6.07) is 27.3.